The van der Waals surface area contributed by atoms with Crippen molar-refractivity contribution in [3.8, 4) is 0 Å². The zero-order valence-corrected chi connectivity index (χ0v) is 11.1. The Bertz CT molecular complexity index is 317. The van der Waals surface area contributed by atoms with Crippen LogP contribution in [0.3, 0.4) is 0 Å². The summed E-state index contributed by atoms with van der Waals surface area (Å²) >= 11 is 5.41. The first-order valence-electron chi connectivity index (χ1n) is 5.03. The predicted octanol–water partition coefficient (Wildman–Crippen LogP) is 2.31. The maximum absolute atomic E-state index is 4.38. The van der Waals surface area contributed by atoms with Gasteiger partial charge in [-0.25, -0.2) is 9.97 Å². The van der Waals surface area contributed by atoms with E-state index >= 15 is 0 Å². The number of aromatic nitrogens is 2. The van der Waals surface area contributed by atoms with Crippen LogP contribution in [0.1, 0.15) is 12.5 Å². The number of rotatable bonds is 2. The van der Waals surface area contributed by atoms with E-state index in [1.54, 1.807) is 0 Å². The van der Waals surface area contributed by atoms with Crippen molar-refractivity contribution in [1.29, 1.82) is 0 Å². The predicted molar refractivity (Wildman–Crippen MR) is 68.8 cm³/mol. The topological polar surface area (TPSA) is 29.0 Å². The van der Waals surface area contributed by atoms with Crippen molar-refractivity contribution in [2.75, 3.05) is 23.7 Å². The summed E-state index contributed by atoms with van der Waals surface area (Å²) in [7, 11) is 0. The van der Waals surface area contributed by atoms with Gasteiger partial charge in [0.15, 0.2) is 0 Å². The molecule has 1 aromatic rings. The van der Waals surface area contributed by atoms with Crippen molar-refractivity contribution in [3.05, 3.63) is 18.0 Å². The van der Waals surface area contributed by atoms with Crippen LogP contribution in [-0.2, 0) is 5.33 Å². The largest absolute Gasteiger partial charge is 0.339 e. The lowest BCUT2D eigenvalue weighted by Crippen LogP contribution is -2.37. The van der Waals surface area contributed by atoms with Gasteiger partial charge in [0.1, 0.15) is 0 Å². The van der Waals surface area contributed by atoms with E-state index < -0.39 is 0 Å². The summed E-state index contributed by atoms with van der Waals surface area (Å²) in [6, 6.07) is 0. The number of anilines is 1. The van der Waals surface area contributed by atoms with E-state index in [4.69, 9.17) is 0 Å². The first-order chi connectivity index (χ1) is 7.29. The number of thioether (sulfide) groups is 1. The fraction of sp³-hybridized carbons (Fsp3) is 0.600. The molecular formula is C10H14BrN3S. The molecule has 0 N–H and O–H groups in total. The molecule has 15 heavy (non-hydrogen) atoms. The van der Waals surface area contributed by atoms with Crippen LogP contribution in [0.25, 0.3) is 0 Å². The Kier molecular flexibility index (Phi) is 3.86. The molecular weight excluding hydrogens is 274 g/mol. The monoisotopic (exact) mass is 287 g/mol. The Balaban J connectivity index is 2.07. The SMILES string of the molecule is CC1CN(c2ncc(CBr)cn2)CCS1. The Morgan fingerprint density at radius 2 is 2.27 bits per heavy atom. The summed E-state index contributed by atoms with van der Waals surface area (Å²) in [6.45, 7) is 4.37. The summed E-state index contributed by atoms with van der Waals surface area (Å²) in [5, 5.41) is 1.50. The Labute approximate surface area is 103 Å². The highest BCUT2D eigenvalue weighted by Gasteiger charge is 2.18. The van der Waals surface area contributed by atoms with Crippen molar-refractivity contribution in [2.45, 2.75) is 17.5 Å². The number of alkyl halides is 1. The van der Waals surface area contributed by atoms with Crippen LogP contribution in [-0.4, -0.2) is 34.1 Å². The molecule has 1 unspecified atom stereocenters. The van der Waals surface area contributed by atoms with Crippen molar-refractivity contribution in [1.82, 2.24) is 9.97 Å². The van der Waals surface area contributed by atoms with E-state index in [1.165, 1.54) is 5.75 Å². The Morgan fingerprint density at radius 3 is 2.87 bits per heavy atom. The molecule has 0 bridgehead atoms. The van der Waals surface area contributed by atoms with Crippen LogP contribution in [0.15, 0.2) is 12.4 Å². The van der Waals surface area contributed by atoms with Gasteiger partial charge in [-0.15, -0.1) is 0 Å². The zero-order valence-electron chi connectivity index (χ0n) is 8.69. The van der Waals surface area contributed by atoms with Crippen LogP contribution in [0.5, 0.6) is 0 Å². The van der Waals surface area contributed by atoms with Gasteiger partial charge in [0.2, 0.25) is 5.95 Å². The molecule has 1 aromatic heterocycles. The second kappa shape index (κ2) is 5.16. The van der Waals surface area contributed by atoms with E-state index in [2.05, 4.69) is 37.7 Å². The Morgan fingerprint density at radius 1 is 1.53 bits per heavy atom. The van der Waals surface area contributed by atoms with Gasteiger partial charge in [0.25, 0.3) is 0 Å². The molecule has 0 spiro atoms. The Hall–Kier alpha value is -0.290. The third-order valence-corrected chi connectivity index (χ3v) is 4.15. The zero-order chi connectivity index (χ0) is 10.7. The standard InChI is InChI=1S/C10H14BrN3S/c1-8-7-14(2-3-15-8)10-12-5-9(4-11)6-13-10/h5-6,8H,2-4,7H2,1H3. The van der Waals surface area contributed by atoms with Gasteiger partial charge in [0.05, 0.1) is 0 Å². The normalized spacial score (nSPS) is 21.7. The summed E-state index contributed by atoms with van der Waals surface area (Å²) < 4.78 is 0. The molecule has 1 saturated heterocycles. The average Bonchev–Trinajstić information content (AvgIpc) is 2.29. The first kappa shape index (κ1) is 11.2. The number of hydrogen-bond acceptors (Lipinski definition) is 4. The molecule has 1 atom stereocenters. The number of halogens is 1. The first-order valence-corrected chi connectivity index (χ1v) is 7.20. The van der Waals surface area contributed by atoms with Crippen LogP contribution in [0, 0.1) is 0 Å². The van der Waals surface area contributed by atoms with Crippen molar-refractivity contribution in [2.24, 2.45) is 0 Å². The molecule has 1 aliphatic rings. The molecule has 2 heterocycles. The summed E-state index contributed by atoms with van der Waals surface area (Å²) in [5.41, 5.74) is 1.12. The lowest BCUT2D eigenvalue weighted by atomic mass is 10.4. The van der Waals surface area contributed by atoms with Gasteiger partial charge in [-0.1, -0.05) is 22.9 Å². The lowest BCUT2D eigenvalue weighted by Gasteiger charge is -2.30. The summed E-state index contributed by atoms with van der Waals surface area (Å²) in [5.74, 6) is 2.04. The van der Waals surface area contributed by atoms with Gasteiger partial charge < -0.3 is 4.90 Å². The fourth-order valence-electron chi connectivity index (χ4n) is 1.58. The molecule has 0 radical (unpaired) electrons. The molecule has 1 fully saturated rings. The van der Waals surface area contributed by atoms with Crippen molar-refractivity contribution in [3.63, 3.8) is 0 Å². The van der Waals surface area contributed by atoms with E-state index in [9.17, 15) is 0 Å². The molecule has 0 aliphatic carbocycles. The second-order valence-corrected chi connectivity index (χ2v) is 5.76. The summed E-state index contributed by atoms with van der Waals surface area (Å²) in [6.07, 6.45) is 3.78. The molecule has 5 heteroatoms. The van der Waals surface area contributed by atoms with Crippen LogP contribution in [0.2, 0.25) is 0 Å². The molecule has 0 aromatic carbocycles. The molecule has 2 rings (SSSR count). The highest BCUT2D eigenvalue weighted by atomic mass is 79.9. The van der Waals surface area contributed by atoms with Gasteiger partial charge in [0, 0.05) is 41.8 Å². The van der Waals surface area contributed by atoms with Gasteiger partial charge in [-0.2, -0.15) is 11.8 Å². The maximum Gasteiger partial charge on any atom is 0.225 e. The van der Waals surface area contributed by atoms with E-state index in [1.807, 2.05) is 24.2 Å². The van der Waals surface area contributed by atoms with Crippen molar-refractivity contribution < 1.29 is 0 Å². The van der Waals surface area contributed by atoms with Crippen LogP contribution < -0.4 is 4.90 Å². The number of nitrogens with zero attached hydrogens (tertiary/aromatic N) is 3. The molecule has 0 saturated carbocycles. The van der Waals surface area contributed by atoms with Gasteiger partial charge >= 0.3 is 0 Å². The molecule has 0 amide bonds. The van der Waals surface area contributed by atoms with Crippen molar-refractivity contribution >= 4 is 33.6 Å². The lowest BCUT2D eigenvalue weighted by molar-refractivity contribution is 0.753. The summed E-state index contributed by atoms with van der Waals surface area (Å²) in [4.78, 5) is 11.0. The van der Waals surface area contributed by atoms with Gasteiger partial charge in [-0.05, 0) is 5.56 Å². The van der Waals surface area contributed by atoms with E-state index in [0.717, 1.165) is 29.9 Å². The third-order valence-electron chi connectivity index (χ3n) is 2.37. The fourth-order valence-corrected chi connectivity index (χ4v) is 2.88. The smallest absolute Gasteiger partial charge is 0.225 e. The van der Waals surface area contributed by atoms with Crippen LogP contribution in [0.4, 0.5) is 5.95 Å². The third kappa shape index (κ3) is 2.84. The highest BCUT2D eigenvalue weighted by molar-refractivity contribution is 9.08. The average molecular weight is 288 g/mol. The quantitative estimate of drug-likeness (QED) is 0.781. The van der Waals surface area contributed by atoms with E-state index in [0.29, 0.717) is 5.25 Å². The minimum absolute atomic E-state index is 0.679. The van der Waals surface area contributed by atoms with E-state index in [-0.39, 0.29) is 0 Å². The molecule has 1 aliphatic heterocycles. The van der Waals surface area contributed by atoms with Gasteiger partial charge in [-0.3, -0.25) is 0 Å². The minimum atomic E-state index is 0.679. The molecule has 3 nitrogen and oxygen atoms in total. The van der Waals surface area contributed by atoms with Crippen LogP contribution >= 0.6 is 27.7 Å². The number of hydrogen-bond donors (Lipinski definition) is 0. The maximum atomic E-state index is 4.38. The molecule has 82 valence electrons. The highest BCUT2D eigenvalue weighted by Crippen LogP contribution is 2.20. The second-order valence-electron chi connectivity index (χ2n) is 3.65. The minimum Gasteiger partial charge on any atom is -0.339 e.